The van der Waals surface area contributed by atoms with Gasteiger partial charge in [0.25, 0.3) is 0 Å². The molecule has 1 aliphatic rings. The fourth-order valence-electron chi connectivity index (χ4n) is 2.50. The standard InChI is InChI=1S/C17H19N5/c1-11-3-4-14(9-12(11)2)20-16-10-15(19-13-5-6-13)17-18-7-8-22(17)21-16/h3-4,7-10,13,19H,5-6H2,1-2H3,(H,20,21). The van der Waals surface area contributed by atoms with Crippen molar-refractivity contribution in [3.05, 3.63) is 47.8 Å². The second-order valence-electron chi connectivity index (χ2n) is 5.98. The molecule has 2 heterocycles. The summed E-state index contributed by atoms with van der Waals surface area (Å²) in [6.07, 6.45) is 6.11. The summed E-state index contributed by atoms with van der Waals surface area (Å²) in [6, 6.07) is 8.96. The molecule has 0 spiro atoms. The Morgan fingerprint density at radius 1 is 1.14 bits per heavy atom. The molecule has 0 aliphatic heterocycles. The van der Waals surface area contributed by atoms with Crippen LogP contribution in [0.3, 0.4) is 0 Å². The monoisotopic (exact) mass is 293 g/mol. The number of aromatic nitrogens is 3. The molecule has 0 atom stereocenters. The Balaban J connectivity index is 1.69. The molecule has 1 saturated carbocycles. The number of nitrogens with zero attached hydrogens (tertiary/aromatic N) is 3. The highest BCUT2D eigenvalue weighted by Gasteiger charge is 2.22. The topological polar surface area (TPSA) is 54.2 Å². The van der Waals surface area contributed by atoms with Crippen LogP contribution in [0.4, 0.5) is 17.2 Å². The van der Waals surface area contributed by atoms with Crippen LogP contribution in [0.1, 0.15) is 24.0 Å². The predicted octanol–water partition coefficient (Wildman–Crippen LogP) is 3.66. The first-order valence-electron chi connectivity index (χ1n) is 7.64. The highest BCUT2D eigenvalue weighted by Crippen LogP contribution is 2.28. The van der Waals surface area contributed by atoms with Crippen LogP contribution in [0.15, 0.2) is 36.7 Å². The number of anilines is 3. The summed E-state index contributed by atoms with van der Waals surface area (Å²) in [6.45, 7) is 4.24. The van der Waals surface area contributed by atoms with Crippen LogP contribution < -0.4 is 10.6 Å². The summed E-state index contributed by atoms with van der Waals surface area (Å²) in [5.74, 6) is 0.817. The third-order valence-corrected chi connectivity index (χ3v) is 4.08. The second-order valence-corrected chi connectivity index (χ2v) is 5.98. The number of nitrogens with one attached hydrogen (secondary N) is 2. The van der Waals surface area contributed by atoms with Gasteiger partial charge >= 0.3 is 0 Å². The summed E-state index contributed by atoms with van der Waals surface area (Å²) in [5.41, 5.74) is 5.52. The Kier molecular flexibility index (Phi) is 2.99. The highest BCUT2D eigenvalue weighted by atomic mass is 15.3. The van der Waals surface area contributed by atoms with Crippen LogP contribution in [0.2, 0.25) is 0 Å². The van der Waals surface area contributed by atoms with Gasteiger partial charge in [-0.3, -0.25) is 0 Å². The summed E-state index contributed by atoms with van der Waals surface area (Å²) in [4.78, 5) is 4.38. The van der Waals surface area contributed by atoms with E-state index >= 15 is 0 Å². The normalized spacial score (nSPS) is 14.3. The van der Waals surface area contributed by atoms with Crippen molar-refractivity contribution in [2.45, 2.75) is 32.7 Å². The molecule has 1 fully saturated rings. The zero-order valence-corrected chi connectivity index (χ0v) is 12.8. The van der Waals surface area contributed by atoms with Crippen LogP contribution in [-0.2, 0) is 0 Å². The van der Waals surface area contributed by atoms with Crippen LogP contribution in [-0.4, -0.2) is 20.6 Å². The molecular formula is C17H19N5. The zero-order chi connectivity index (χ0) is 15.1. The van der Waals surface area contributed by atoms with E-state index in [0.717, 1.165) is 22.8 Å². The zero-order valence-electron chi connectivity index (χ0n) is 12.8. The lowest BCUT2D eigenvalue weighted by Crippen LogP contribution is -2.06. The second kappa shape index (κ2) is 5.02. The minimum Gasteiger partial charge on any atom is -0.379 e. The van der Waals surface area contributed by atoms with Gasteiger partial charge in [0.15, 0.2) is 11.5 Å². The first-order valence-corrected chi connectivity index (χ1v) is 7.64. The van der Waals surface area contributed by atoms with Gasteiger partial charge in [-0.25, -0.2) is 9.50 Å². The van der Waals surface area contributed by atoms with Crippen molar-refractivity contribution in [3.63, 3.8) is 0 Å². The van der Waals surface area contributed by atoms with Crippen molar-refractivity contribution in [1.82, 2.24) is 14.6 Å². The fraction of sp³-hybridized carbons (Fsp3) is 0.294. The molecule has 0 radical (unpaired) electrons. The van der Waals surface area contributed by atoms with Crippen molar-refractivity contribution >= 4 is 22.8 Å². The number of aryl methyl sites for hydroxylation is 2. The van der Waals surface area contributed by atoms with Gasteiger partial charge in [-0.2, -0.15) is 0 Å². The molecule has 2 N–H and O–H groups in total. The SMILES string of the molecule is Cc1ccc(Nc2cc(NC3CC3)c3nccn3n2)cc1C. The molecule has 1 aromatic carbocycles. The molecule has 0 unspecified atom stereocenters. The minimum absolute atomic E-state index is 0.581. The van der Waals surface area contributed by atoms with Crippen LogP contribution in [0.25, 0.3) is 5.65 Å². The Morgan fingerprint density at radius 2 is 2.00 bits per heavy atom. The van der Waals surface area contributed by atoms with Gasteiger partial charge in [-0.1, -0.05) is 6.07 Å². The average molecular weight is 293 g/mol. The molecule has 0 bridgehead atoms. The number of fused-ring (bicyclic) bond motifs is 1. The van der Waals surface area contributed by atoms with Crippen molar-refractivity contribution in [2.24, 2.45) is 0 Å². The van der Waals surface area contributed by atoms with Gasteiger partial charge in [-0.15, -0.1) is 5.10 Å². The summed E-state index contributed by atoms with van der Waals surface area (Å²) in [5, 5.41) is 11.5. The number of hydrogen-bond acceptors (Lipinski definition) is 4. The molecule has 0 amide bonds. The molecule has 22 heavy (non-hydrogen) atoms. The minimum atomic E-state index is 0.581. The van der Waals surface area contributed by atoms with Gasteiger partial charge in [0.2, 0.25) is 0 Å². The molecule has 0 saturated heterocycles. The fourth-order valence-corrected chi connectivity index (χ4v) is 2.50. The summed E-state index contributed by atoms with van der Waals surface area (Å²) < 4.78 is 1.81. The number of benzene rings is 1. The third kappa shape index (κ3) is 2.50. The first-order chi connectivity index (χ1) is 10.7. The molecule has 5 heteroatoms. The van der Waals surface area contributed by atoms with Gasteiger partial charge in [0, 0.05) is 30.2 Å². The molecule has 3 aromatic rings. The highest BCUT2D eigenvalue weighted by molar-refractivity contribution is 5.72. The van der Waals surface area contributed by atoms with E-state index in [1.165, 1.54) is 24.0 Å². The predicted molar refractivity (Wildman–Crippen MR) is 88.8 cm³/mol. The lowest BCUT2D eigenvalue weighted by Gasteiger charge is -2.11. The number of rotatable bonds is 4. The lowest BCUT2D eigenvalue weighted by molar-refractivity contribution is 0.939. The van der Waals surface area contributed by atoms with E-state index in [-0.39, 0.29) is 0 Å². The Labute approximate surface area is 129 Å². The van der Waals surface area contributed by atoms with Gasteiger partial charge in [0.05, 0.1) is 5.69 Å². The molecule has 1 aliphatic carbocycles. The van der Waals surface area contributed by atoms with E-state index in [9.17, 15) is 0 Å². The van der Waals surface area contributed by atoms with E-state index in [1.807, 2.05) is 16.8 Å². The van der Waals surface area contributed by atoms with E-state index in [4.69, 9.17) is 0 Å². The van der Waals surface area contributed by atoms with Crippen LogP contribution in [0.5, 0.6) is 0 Å². The maximum absolute atomic E-state index is 4.57. The van der Waals surface area contributed by atoms with Crippen molar-refractivity contribution in [2.75, 3.05) is 10.6 Å². The molecule has 5 nitrogen and oxygen atoms in total. The maximum atomic E-state index is 4.57. The lowest BCUT2D eigenvalue weighted by atomic mass is 10.1. The van der Waals surface area contributed by atoms with Crippen molar-refractivity contribution in [3.8, 4) is 0 Å². The Bertz CT molecular complexity index is 832. The van der Waals surface area contributed by atoms with Gasteiger partial charge < -0.3 is 10.6 Å². The van der Waals surface area contributed by atoms with E-state index in [0.29, 0.717) is 6.04 Å². The Hall–Kier alpha value is -2.56. The largest absolute Gasteiger partial charge is 0.379 e. The van der Waals surface area contributed by atoms with Crippen LogP contribution >= 0.6 is 0 Å². The third-order valence-electron chi connectivity index (χ3n) is 4.08. The van der Waals surface area contributed by atoms with Gasteiger partial charge in [0.1, 0.15) is 0 Å². The van der Waals surface area contributed by atoms with E-state index < -0.39 is 0 Å². The quantitative estimate of drug-likeness (QED) is 0.770. The molecular weight excluding hydrogens is 274 g/mol. The summed E-state index contributed by atoms with van der Waals surface area (Å²) >= 11 is 0. The number of imidazole rings is 1. The smallest absolute Gasteiger partial charge is 0.177 e. The first kappa shape index (κ1) is 13.1. The molecule has 4 rings (SSSR count). The molecule has 2 aromatic heterocycles. The summed E-state index contributed by atoms with van der Waals surface area (Å²) in [7, 11) is 0. The Morgan fingerprint density at radius 3 is 2.77 bits per heavy atom. The van der Waals surface area contributed by atoms with Crippen LogP contribution in [0, 0.1) is 13.8 Å². The van der Waals surface area contributed by atoms with Crippen molar-refractivity contribution < 1.29 is 0 Å². The van der Waals surface area contributed by atoms with E-state index in [1.54, 1.807) is 6.20 Å². The van der Waals surface area contributed by atoms with Crippen molar-refractivity contribution in [1.29, 1.82) is 0 Å². The van der Waals surface area contributed by atoms with E-state index in [2.05, 4.69) is 52.8 Å². The molecule has 112 valence electrons. The maximum Gasteiger partial charge on any atom is 0.177 e. The number of hydrogen-bond donors (Lipinski definition) is 2. The van der Waals surface area contributed by atoms with Gasteiger partial charge in [-0.05, 0) is 49.9 Å². The average Bonchev–Trinajstić information content (AvgIpc) is 3.17.